The molecule has 0 radical (unpaired) electrons. The first-order valence-electron chi connectivity index (χ1n) is 6.58. The van der Waals surface area contributed by atoms with E-state index in [-0.39, 0.29) is 0 Å². The topological polar surface area (TPSA) is 12.0 Å². The first kappa shape index (κ1) is 11.5. The van der Waals surface area contributed by atoms with Crippen LogP contribution >= 0.6 is 0 Å². The molecule has 0 heterocycles. The molecule has 0 saturated heterocycles. The van der Waals surface area contributed by atoms with E-state index in [0.717, 1.165) is 5.92 Å². The van der Waals surface area contributed by atoms with Gasteiger partial charge in [0.05, 0.1) is 0 Å². The quantitative estimate of drug-likeness (QED) is 0.725. The molecule has 0 amide bonds. The molecular formula is C15H23N. The van der Waals surface area contributed by atoms with Gasteiger partial charge in [0, 0.05) is 11.7 Å². The van der Waals surface area contributed by atoms with Crippen LogP contribution in [-0.4, -0.2) is 6.04 Å². The fraction of sp³-hybridized carbons (Fsp3) is 0.600. The second-order valence-corrected chi connectivity index (χ2v) is 5.27. The number of hydrogen-bond acceptors (Lipinski definition) is 1. The van der Waals surface area contributed by atoms with Crippen LogP contribution in [0.2, 0.25) is 0 Å². The molecule has 0 aliphatic heterocycles. The number of aryl methyl sites for hydroxylation is 1. The highest BCUT2D eigenvalue weighted by molar-refractivity contribution is 5.50. The molecule has 1 aromatic rings. The summed E-state index contributed by atoms with van der Waals surface area (Å²) in [5.41, 5.74) is 2.68. The van der Waals surface area contributed by atoms with Crippen LogP contribution in [-0.2, 0) is 0 Å². The Kier molecular flexibility index (Phi) is 3.87. The fourth-order valence-corrected chi connectivity index (χ4v) is 2.59. The van der Waals surface area contributed by atoms with Crippen LogP contribution in [0.25, 0.3) is 0 Å². The molecule has 0 aromatic heterocycles. The molecule has 1 saturated carbocycles. The van der Waals surface area contributed by atoms with E-state index in [2.05, 4.69) is 43.4 Å². The number of nitrogens with one attached hydrogen (secondary N) is 1. The molecular weight excluding hydrogens is 194 g/mol. The minimum absolute atomic E-state index is 0.686. The van der Waals surface area contributed by atoms with Crippen molar-refractivity contribution in [3.05, 3.63) is 29.8 Å². The smallest absolute Gasteiger partial charge is 0.0372 e. The van der Waals surface area contributed by atoms with E-state index in [1.165, 1.54) is 43.4 Å². The van der Waals surface area contributed by atoms with Crippen LogP contribution in [0.1, 0.15) is 44.6 Å². The highest BCUT2D eigenvalue weighted by atomic mass is 14.9. The zero-order valence-electron chi connectivity index (χ0n) is 10.5. The maximum absolute atomic E-state index is 3.71. The van der Waals surface area contributed by atoms with E-state index in [1.54, 1.807) is 0 Å². The van der Waals surface area contributed by atoms with Crippen molar-refractivity contribution in [3.63, 3.8) is 0 Å². The Morgan fingerprint density at radius 3 is 2.69 bits per heavy atom. The molecule has 1 aromatic carbocycles. The van der Waals surface area contributed by atoms with Crippen molar-refractivity contribution in [2.45, 2.75) is 52.0 Å². The summed E-state index contributed by atoms with van der Waals surface area (Å²) in [5.74, 6) is 0.920. The summed E-state index contributed by atoms with van der Waals surface area (Å²) in [6, 6.07) is 9.29. The Morgan fingerprint density at radius 2 is 1.88 bits per heavy atom. The Morgan fingerprint density at radius 1 is 1.06 bits per heavy atom. The van der Waals surface area contributed by atoms with E-state index in [0.29, 0.717) is 6.04 Å². The molecule has 0 spiro atoms. The van der Waals surface area contributed by atoms with Gasteiger partial charge < -0.3 is 5.32 Å². The molecule has 2 unspecified atom stereocenters. The SMILES string of the molecule is Cc1ccccc1NC1CCCC(C)CC1. The van der Waals surface area contributed by atoms with Gasteiger partial charge >= 0.3 is 0 Å². The summed E-state index contributed by atoms with van der Waals surface area (Å²) in [4.78, 5) is 0. The Balaban J connectivity index is 1.96. The van der Waals surface area contributed by atoms with Crippen LogP contribution in [0.4, 0.5) is 5.69 Å². The second-order valence-electron chi connectivity index (χ2n) is 5.27. The summed E-state index contributed by atoms with van der Waals surface area (Å²) in [7, 11) is 0. The van der Waals surface area contributed by atoms with Gasteiger partial charge in [0.25, 0.3) is 0 Å². The minimum Gasteiger partial charge on any atom is -0.382 e. The van der Waals surface area contributed by atoms with Crippen molar-refractivity contribution in [1.82, 2.24) is 0 Å². The zero-order valence-corrected chi connectivity index (χ0v) is 10.5. The van der Waals surface area contributed by atoms with Gasteiger partial charge in [0.1, 0.15) is 0 Å². The van der Waals surface area contributed by atoms with E-state index >= 15 is 0 Å². The van der Waals surface area contributed by atoms with Crippen molar-refractivity contribution in [2.75, 3.05) is 5.32 Å². The number of hydrogen-bond donors (Lipinski definition) is 1. The van der Waals surface area contributed by atoms with E-state index in [9.17, 15) is 0 Å². The summed E-state index contributed by atoms with van der Waals surface area (Å²) < 4.78 is 0. The summed E-state index contributed by atoms with van der Waals surface area (Å²) in [6.45, 7) is 4.57. The van der Waals surface area contributed by atoms with Gasteiger partial charge in [0.15, 0.2) is 0 Å². The molecule has 1 nitrogen and oxygen atoms in total. The number of rotatable bonds is 2. The standard InChI is InChI=1S/C15H23N/c1-12-6-5-8-14(11-10-12)16-15-9-4-3-7-13(15)2/h3-4,7,9,12,14,16H,5-6,8,10-11H2,1-2H3. The molecule has 1 aliphatic carbocycles. The normalized spacial score (nSPS) is 26.1. The fourth-order valence-electron chi connectivity index (χ4n) is 2.59. The van der Waals surface area contributed by atoms with Crippen molar-refractivity contribution in [1.29, 1.82) is 0 Å². The molecule has 16 heavy (non-hydrogen) atoms. The highest BCUT2D eigenvalue weighted by Crippen LogP contribution is 2.25. The van der Waals surface area contributed by atoms with Crippen molar-refractivity contribution in [3.8, 4) is 0 Å². The summed E-state index contributed by atoms with van der Waals surface area (Å²) in [6.07, 6.45) is 6.83. The van der Waals surface area contributed by atoms with Crippen LogP contribution in [0.5, 0.6) is 0 Å². The third-order valence-electron chi connectivity index (χ3n) is 3.76. The maximum Gasteiger partial charge on any atom is 0.0372 e. The van der Waals surface area contributed by atoms with Crippen LogP contribution in [0, 0.1) is 12.8 Å². The van der Waals surface area contributed by atoms with Gasteiger partial charge in [-0.1, -0.05) is 38.0 Å². The van der Waals surface area contributed by atoms with Gasteiger partial charge in [-0.25, -0.2) is 0 Å². The number of anilines is 1. The molecule has 1 heteroatoms. The molecule has 1 fully saturated rings. The number of para-hydroxylation sites is 1. The first-order chi connectivity index (χ1) is 7.75. The second kappa shape index (κ2) is 5.38. The molecule has 2 atom stereocenters. The van der Waals surface area contributed by atoms with Crippen molar-refractivity contribution in [2.24, 2.45) is 5.92 Å². The first-order valence-corrected chi connectivity index (χ1v) is 6.58. The monoisotopic (exact) mass is 217 g/mol. The van der Waals surface area contributed by atoms with Crippen LogP contribution < -0.4 is 5.32 Å². The molecule has 1 aliphatic rings. The summed E-state index contributed by atoms with van der Waals surface area (Å²) in [5, 5.41) is 3.71. The molecule has 1 N–H and O–H groups in total. The molecule has 88 valence electrons. The molecule has 2 rings (SSSR count). The highest BCUT2D eigenvalue weighted by Gasteiger charge is 2.16. The Hall–Kier alpha value is -0.980. The van der Waals surface area contributed by atoms with Gasteiger partial charge in [-0.3, -0.25) is 0 Å². The maximum atomic E-state index is 3.71. The lowest BCUT2D eigenvalue weighted by molar-refractivity contribution is 0.502. The van der Waals surface area contributed by atoms with Crippen molar-refractivity contribution < 1.29 is 0 Å². The average molecular weight is 217 g/mol. The van der Waals surface area contributed by atoms with Gasteiger partial charge in [-0.05, 0) is 43.7 Å². The number of benzene rings is 1. The van der Waals surface area contributed by atoms with Crippen LogP contribution in [0.3, 0.4) is 0 Å². The lowest BCUT2D eigenvalue weighted by atomic mass is 10.0. The van der Waals surface area contributed by atoms with E-state index in [4.69, 9.17) is 0 Å². The average Bonchev–Trinajstić information content (AvgIpc) is 2.47. The van der Waals surface area contributed by atoms with E-state index < -0.39 is 0 Å². The third-order valence-corrected chi connectivity index (χ3v) is 3.76. The minimum atomic E-state index is 0.686. The van der Waals surface area contributed by atoms with Gasteiger partial charge in [-0.2, -0.15) is 0 Å². The Labute approximate surface area is 99.3 Å². The zero-order chi connectivity index (χ0) is 11.4. The predicted octanol–water partition coefficient (Wildman–Crippen LogP) is 4.38. The lowest BCUT2D eigenvalue weighted by Gasteiger charge is -2.19. The van der Waals surface area contributed by atoms with Crippen molar-refractivity contribution >= 4 is 5.69 Å². The van der Waals surface area contributed by atoms with Gasteiger partial charge in [0.2, 0.25) is 0 Å². The lowest BCUT2D eigenvalue weighted by Crippen LogP contribution is -2.18. The Bertz CT molecular complexity index is 332. The van der Waals surface area contributed by atoms with E-state index in [1.807, 2.05) is 0 Å². The largest absolute Gasteiger partial charge is 0.382 e. The van der Waals surface area contributed by atoms with Gasteiger partial charge in [-0.15, -0.1) is 0 Å². The molecule has 0 bridgehead atoms. The predicted molar refractivity (Wildman–Crippen MR) is 70.8 cm³/mol. The summed E-state index contributed by atoms with van der Waals surface area (Å²) >= 11 is 0. The van der Waals surface area contributed by atoms with Crippen LogP contribution in [0.15, 0.2) is 24.3 Å². The third kappa shape index (κ3) is 3.01.